The van der Waals surface area contributed by atoms with E-state index in [0.717, 1.165) is 31.5 Å². The molecule has 0 radical (unpaired) electrons. The number of hydrogen-bond donors (Lipinski definition) is 1. The molecule has 1 fully saturated rings. The van der Waals surface area contributed by atoms with Crippen LogP contribution in [0.3, 0.4) is 0 Å². The van der Waals surface area contributed by atoms with Gasteiger partial charge in [-0.05, 0) is 37.1 Å². The standard InChI is InChI=1S/C17H18N2O3/c1-22-15-7-3-2-6-12(15)14-9-8-13(16(20)18-14)17(21)19-10-4-5-11-19/h2-3,6-9H,4-5,10-11H2,1H3,(H,18,20). The molecule has 2 heterocycles. The third-order valence-electron chi connectivity index (χ3n) is 3.93. The second kappa shape index (κ2) is 6.05. The molecule has 1 aliphatic rings. The van der Waals surface area contributed by atoms with Crippen LogP contribution in [0.2, 0.25) is 0 Å². The molecule has 2 aromatic rings. The lowest BCUT2D eigenvalue weighted by Gasteiger charge is -2.15. The number of benzene rings is 1. The number of hydrogen-bond acceptors (Lipinski definition) is 3. The molecule has 3 rings (SSSR count). The summed E-state index contributed by atoms with van der Waals surface area (Å²) in [4.78, 5) is 29.1. The molecular formula is C17H18N2O3. The lowest BCUT2D eigenvalue weighted by molar-refractivity contribution is 0.0791. The van der Waals surface area contributed by atoms with Gasteiger partial charge in [-0.1, -0.05) is 12.1 Å². The highest BCUT2D eigenvalue weighted by molar-refractivity contribution is 5.94. The van der Waals surface area contributed by atoms with Crippen molar-refractivity contribution >= 4 is 5.91 Å². The lowest BCUT2D eigenvalue weighted by atomic mass is 10.1. The summed E-state index contributed by atoms with van der Waals surface area (Å²) in [7, 11) is 1.59. The second-order valence-electron chi connectivity index (χ2n) is 5.31. The number of H-pyrrole nitrogens is 1. The predicted molar refractivity (Wildman–Crippen MR) is 84.2 cm³/mol. The zero-order chi connectivity index (χ0) is 15.5. The first-order valence-corrected chi connectivity index (χ1v) is 7.36. The Morgan fingerprint density at radius 2 is 1.86 bits per heavy atom. The van der Waals surface area contributed by atoms with E-state index in [1.54, 1.807) is 24.1 Å². The Hall–Kier alpha value is -2.56. The maximum absolute atomic E-state index is 12.3. The van der Waals surface area contributed by atoms with Crippen LogP contribution in [0, 0.1) is 0 Å². The molecule has 0 saturated carbocycles. The van der Waals surface area contributed by atoms with Crippen molar-refractivity contribution < 1.29 is 9.53 Å². The molecule has 22 heavy (non-hydrogen) atoms. The fourth-order valence-corrected chi connectivity index (χ4v) is 2.76. The van der Waals surface area contributed by atoms with Crippen molar-refractivity contribution in [3.63, 3.8) is 0 Å². The summed E-state index contributed by atoms with van der Waals surface area (Å²) in [6.07, 6.45) is 2.01. The van der Waals surface area contributed by atoms with Gasteiger partial charge >= 0.3 is 0 Å². The van der Waals surface area contributed by atoms with Crippen molar-refractivity contribution in [3.05, 3.63) is 52.3 Å². The van der Waals surface area contributed by atoms with Gasteiger partial charge in [0.1, 0.15) is 11.3 Å². The third kappa shape index (κ3) is 2.62. The molecule has 5 heteroatoms. The molecule has 0 bridgehead atoms. The Morgan fingerprint density at radius 1 is 1.14 bits per heavy atom. The molecule has 0 spiro atoms. The number of aromatic nitrogens is 1. The number of rotatable bonds is 3. The van der Waals surface area contributed by atoms with Gasteiger partial charge in [0, 0.05) is 18.7 Å². The first kappa shape index (κ1) is 14.4. The van der Waals surface area contributed by atoms with Gasteiger partial charge in [0.05, 0.1) is 12.8 Å². The van der Waals surface area contributed by atoms with Crippen LogP contribution < -0.4 is 10.3 Å². The average molecular weight is 298 g/mol. The average Bonchev–Trinajstić information content (AvgIpc) is 3.08. The van der Waals surface area contributed by atoms with Gasteiger partial charge in [0.2, 0.25) is 0 Å². The number of para-hydroxylation sites is 1. The molecule has 0 atom stereocenters. The van der Waals surface area contributed by atoms with Crippen LogP contribution in [0.1, 0.15) is 23.2 Å². The summed E-state index contributed by atoms with van der Waals surface area (Å²) in [5.41, 5.74) is 1.27. The van der Waals surface area contributed by atoms with Crippen LogP contribution in [0.15, 0.2) is 41.2 Å². The number of nitrogens with zero attached hydrogens (tertiary/aromatic N) is 1. The first-order valence-electron chi connectivity index (χ1n) is 7.36. The Balaban J connectivity index is 1.95. The summed E-state index contributed by atoms with van der Waals surface area (Å²) >= 11 is 0. The van der Waals surface area contributed by atoms with Crippen molar-refractivity contribution in [2.24, 2.45) is 0 Å². The number of methoxy groups -OCH3 is 1. The zero-order valence-electron chi connectivity index (χ0n) is 12.5. The van der Waals surface area contributed by atoms with Gasteiger partial charge in [-0.25, -0.2) is 0 Å². The largest absolute Gasteiger partial charge is 0.496 e. The van der Waals surface area contributed by atoms with E-state index in [9.17, 15) is 9.59 Å². The molecule has 0 unspecified atom stereocenters. The zero-order valence-corrected chi connectivity index (χ0v) is 12.5. The maximum Gasteiger partial charge on any atom is 0.261 e. The van der Waals surface area contributed by atoms with Gasteiger partial charge in [-0.15, -0.1) is 0 Å². The van der Waals surface area contributed by atoms with Crippen LogP contribution >= 0.6 is 0 Å². The monoisotopic (exact) mass is 298 g/mol. The third-order valence-corrected chi connectivity index (χ3v) is 3.93. The lowest BCUT2D eigenvalue weighted by Crippen LogP contribution is -2.32. The fraction of sp³-hybridized carbons (Fsp3) is 0.294. The Morgan fingerprint density at radius 3 is 2.55 bits per heavy atom. The van der Waals surface area contributed by atoms with E-state index in [-0.39, 0.29) is 17.0 Å². The number of likely N-dealkylation sites (tertiary alicyclic amines) is 1. The molecule has 1 aliphatic heterocycles. The first-order chi connectivity index (χ1) is 10.7. The van der Waals surface area contributed by atoms with E-state index in [0.29, 0.717) is 11.4 Å². The summed E-state index contributed by atoms with van der Waals surface area (Å²) in [5.74, 6) is 0.488. The normalized spacial score (nSPS) is 14.1. The van der Waals surface area contributed by atoms with Crippen LogP contribution in [0.5, 0.6) is 5.75 Å². The van der Waals surface area contributed by atoms with Gasteiger partial charge in [0.25, 0.3) is 11.5 Å². The minimum Gasteiger partial charge on any atom is -0.496 e. The van der Waals surface area contributed by atoms with Gasteiger partial charge in [-0.3, -0.25) is 9.59 Å². The summed E-state index contributed by atoms with van der Waals surface area (Å²) in [5, 5.41) is 0. The van der Waals surface area contributed by atoms with Crippen LogP contribution in [0.25, 0.3) is 11.3 Å². The van der Waals surface area contributed by atoms with Crippen LogP contribution in [0.4, 0.5) is 0 Å². The number of ether oxygens (including phenoxy) is 1. The highest BCUT2D eigenvalue weighted by Gasteiger charge is 2.22. The summed E-state index contributed by atoms with van der Waals surface area (Å²) in [6, 6.07) is 10.8. The van der Waals surface area contributed by atoms with Gasteiger partial charge < -0.3 is 14.6 Å². The van der Waals surface area contributed by atoms with E-state index in [4.69, 9.17) is 4.74 Å². The van der Waals surface area contributed by atoms with Crippen molar-refractivity contribution in [2.45, 2.75) is 12.8 Å². The number of amides is 1. The van der Waals surface area contributed by atoms with Crippen molar-refractivity contribution in [2.75, 3.05) is 20.2 Å². The predicted octanol–water partition coefficient (Wildman–Crippen LogP) is 2.29. The minimum atomic E-state index is -0.361. The number of carbonyl (C=O) groups is 1. The molecular weight excluding hydrogens is 280 g/mol. The second-order valence-corrected chi connectivity index (χ2v) is 5.31. The smallest absolute Gasteiger partial charge is 0.261 e. The molecule has 1 N–H and O–H groups in total. The Labute approximate surface area is 128 Å². The van der Waals surface area contributed by atoms with Crippen molar-refractivity contribution in [1.29, 1.82) is 0 Å². The van der Waals surface area contributed by atoms with Crippen LogP contribution in [-0.2, 0) is 0 Å². The van der Waals surface area contributed by atoms with Crippen molar-refractivity contribution in [3.8, 4) is 17.0 Å². The maximum atomic E-state index is 12.3. The quantitative estimate of drug-likeness (QED) is 0.945. The molecule has 1 saturated heterocycles. The Bertz CT molecular complexity index is 746. The van der Waals surface area contributed by atoms with Crippen molar-refractivity contribution in [1.82, 2.24) is 9.88 Å². The molecule has 0 aliphatic carbocycles. The molecule has 1 aromatic carbocycles. The van der Waals surface area contributed by atoms with E-state index in [1.807, 2.05) is 24.3 Å². The summed E-state index contributed by atoms with van der Waals surface area (Å²) in [6.45, 7) is 1.46. The SMILES string of the molecule is COc1ccccc1-c1ccc(C(=O)N2CCCC2)c(=O)[nH]1. The highest BCUT2D eigenvalue weighted by atomic mass is 16.5. The van der Waals surface area contributed by atoms with E-state index in [1.165, 1.54) is 0 Å². The van der Waals surface area contributed by atoms with Gasteiger partial charge in [-0.2, -0.15) is 0 Å². The topological polar surface area (TPSA) is 62.4 Å². The number of pyridine rings is 1. The number of nitrogens with one attached hydrogen (secondary N) is 1. The fourth-order valence-electron chi connectivity index (χ4n) is 2.76. The summed E-state index contributed by atoms with van der Waals surface area (Å²) < 4.78 is 5.30. The molecule has 114 valence electrons. The van der Waals surface area contributed by atoms with E-state index < -0.39 is 0 Å². The minimum absolute atomic E-state index is 0.190. The molecule has 1 aromatic heterocycles. The highest BCUT2D eigenvalue weighted by Crippen LogP contribution is 2.27. The molecule has 1 amide bonds. The Kier molecular flexibility index (Phi) is 3.96. The van der Waals surface area contributed by atoms with E-state index in [2.05, 4.69) is 4.98 Å². The number of carbonyl (C=O) groups excluding carboxylic acids is 1. The number of aromatic amines is 1. The van der Waals surface area contributed by atoms with Gasteiger partial charge in [0.15, 0.2) is 0 Å². The molecule has 5 nitrogen and oxygen atoms in total. The van der Waals surface area contributed by atoms with Crippen LogP contribution in [-0.4, -0.2) is 36.0 Å². The van der Waals surface area contributed by atoms with E-state index >= 15 is 0 Å².